The van der Waals surface area contributed by atoms with Crippen molar-refractivity contribution in [1.82, 2.24) is 10.2 Å². The maximum atomic E-state index is 11.4. The van der Waals surface area contributed by atoms with Crippen LogP contribution in [-0.2, 0) is 9.53 Å². The molecule has 0 aromatic heterocycles. The van der Waals surface area contributed by atoms with Crippen molar-refractivity contribution < 1.29 is 14.6 Å². The molecular formula is C13H20N2O3. The van der Waals surface area contributed by atoms with E-state index in [-0.39, 0.29) is 30.3 Å². The fourth-order valence-corrected chi connectivity index (χ4v) is 3.38. The summed E-state index contributed by atoms with van der Waals surface area (Å²) >= 11 is 0. The van der Waals surface area contributed by atoms with E-state index in [1.165, 1.54) is 0 Å². The molecule has 0 spiro atoms. The Kier molecular flexibility index (Phi) is 2.83. The quantitative estimate of drug-likeness (QED) is 0.709. The topological polar surface area (TPSA) is 61.8 Å². The van der Waals surface area contributed by atoms with E-state index in [2.05, 4.69) is 12.2 Å². The summed E-state index contributed by atoms with van der Waals surface area (Å²) < 4.78 is 6.06. The summed E-state index contributed by atoms with van der Waals surface area (Å²) in [5, 5.41) is 12.8. The zero-order chi connectivity index (χ0) is 12.9. The van der Waals surface area contributed by atoms with Crippen molar-refractivity contribution in [3.05, 3.63) is 11.8 Å². The molecule has 2 aliphatic heterocycles. The third kappa shape index (κ3) is 1.82. The summed E-state index contributed by atoms with van der Waals surface area (Å²) in [7, 11) is 0. The zero-order valence-electron chi connectivity index (χ0n) is 10.8. The van der Waals surface area contributed by atoms with Gasteiger partial charge in [0.15, 0.2) is 0 Å². The van der Waals surface area contributed by atoms with Crippen LogP contribution in [0, 0.1) is 11.8 Å². The standard InChI is InChI=1S/C13H20N2O3/c1-7-3-10(16)9-4-11(18-12(7)9)15-5-8(2)13(17)14-6-15/h5,7,9-12,16H,3-4,6H2,1-2H3,(H,14,17)/t7-,9+,10-,11-,12-/m1/s1. The molecular weight excluding hydrogens is 232 g/mol. The number of nitrogens with zero attached hydrogens (tertiary/aromatic N) is 1. The van der Waals surface area contributed by atoms with Crippen LogP contribution in [0.15, 0.2) is 11.8 Å². The highest BCUT2D eigenvalue weighted by molar-refractivity contribution is 5.93. The third-order valence-corrected chi connectivity index (χ3v) is 4.39. The van der Waals surface area contributed by atoms with Crippen molar-refractivity contribution >= 4 is 5.91 Å². The van der Waals surface area contributed by atoms with Crippen LogP contribution in [0.5, 0.6) is 0 Å². The first kappa shape index (κ1) is 12.0. The van der Waals surface area contributed by atoms with E-state index in [4.69, 9.17) is 4.74 Å². The van der Waals surface area contributed by atoms with E-state index >= 15 is 0 Å². The number of carbonyl (C=O) groups excluding carboxylic acids is 1. The fraction of sp³-hybridized carbons (Fsp3) is 0.769. The van der Waals surface area contributed by atoms with Crippen molar-refractivity contribution in [2.24, 2.45) is 11.8 Å². The molecule has 2 heterocycles. The van der Waals surface area contributed by atoms with Gasteiger partial charge in [-0.3, -0.25) is 4.79 Å². The lowest BCUT2D eigenvalue weighted by atomic mass is 10.00. The number of hydrogen-bond donors (Lipinski definition) is 2. The maximum absolute atomic E-state index is 11.4. The average molecular weight is 252 g/mol. The van der Waals surface area contributed by atoms with Gasteiger partial charge < -0.3 is 20.1 Å². The minimum atomic E-state index is -0.237. The van der Waals surface area contributed by atoms with Crippen LogP contribution < -0.4 is 5.32 Å². The molecule has 0 bridgehead atoms. The van der Waals surface area contributed by atoms with E-state index < -0.39 is 0 Å². The first-order chi connectivity index (χ1) is 8.56. The van der Waals surface area contributed by atoms with Crippen molar-refractivity contribution in [2.45, 2.75) is 45.1 Å². The SMILES string of the molecule is CC1=CN([C@H]2C[C@@H]3[C@H](O2)[C@H](C)C[C@H]3O)CNC1=O. The summed E-state index contributed by atoms with van der Waals surface area (Å²) in [6.45, 7) is 4.43. The van der Waals surface area contributed by atoms with Gasteiger partial charge in [0.1, 0.15) is 6.23 Å². The van der Waals surface area contributed by atoms with Crippen molar-refractivity contribution in [1.29, 1.82) is 0 Å². The predicted octanol–water partition coefficient (Wildman–Crippen LogP) is 0.411. The van der Waals surface area contributed by atoms with Gasteiger partial charge in [-0.25, -0.2) is 0 Å². The molecule has 3 rings (SSSR count). The number of nitrogens with one attached hydrogen (secondary N) is 1. The minimum Gasteiger partial charge on any atom is -0.393 e. The Morgan fingerprint density at radius 1 is 1.50 bits per heavy atom. The van der Waals surface area contributed by atoms with Crippen LogP contribution in [0.1, 0.15) is 26.7 Å². The highest BCUT2D eigenvalue weighted by atomic mass is 16.5. The monoisotopic (exact) mass is 252 g/mol. The Morgan fingerprint density at radius 2 is 2.28 bits per heavy atom. The Morgan fingerprint density at radius 3 is 2.94 bits per heavy atom. The summed E-state index contributed by atoms with van der Waals surface area (Å²) in [5.74, 6) is 0.647. The van der Waals surface area contributed by atoms with Gasteiger partial charge in [0, 0.05) is 24.1 Å². The molecule has 100 valence electrons. The highest BCUT2D eigenvalue weighted by Crippen LogP contribution is 2.43. The van der Waals surface area contributed by atoms with Crippen molar-refractivity contribution in [2.75, 3.05) is 6.67 Å². The Bertz CT molecular complexity index is 380. The number of rotatable bonds is 1. The molecule has 5 nitrogen and oxygen atoms in total. The van der Waals surface area contributed by atoms with Gasteiger partial charge in [-0.05, 0) is 19.3 Å². The fourth-order valence-electron chi connectivity index (χ4n) is 3.38. The van der Waals surface area contributed by atoms with E-state index in [1.807, 2.05) is 11.1 Å². The van der Waals surface area contributed by atoms with Gasteiger partial charge in [-0.1, -0.05) is 6.92 Å². The number of carbonyl (C=O) groups is 1. The molecule has 2 fully saturated rings. The molecule has 1 saturated heterocycles. The van der Waals surface area contributed by atoms with Crippen LogP contribution >= 0.6 is 0 Å². The largest absolute Gasteiger partial charge is 0.393 e. The van der Waals surface area contributed by atoms with E-state index in [0.29, 0.717) is 18.2 Å². The van der Waals surface area contributed by atoms with E-state index in [9.17, 15) is 9.90 Å². The second kappa shape index (κ2) is 4.24. The smallest absolute Gasteiger partial charge is 0.249 e. The molecule has 0 aromatic rings. The highest BCUT2D eigenvalue weighted by Gasteiger charge is 2.49. The van der Waals surface area contributed by atoms with Crippen LogP contribution in [0.25, 0.3) is 0 Å². The number of hydrogen-bond acceptors (Lipinski definition) is 4. The van der Waals surface area contributed by atoms with Crippen LogP contribution in [-0.4, -0.2) is 41.0 Å². The number of amides is 1. The molecule has 2 N–H and O–H groups in total. The summed E-state index contributed by atoms with van der Waals surface area (Å²) in [6, 6.07) is 0. The summed E-state index contributed by atoms with van der Waals surface area (Å²) in [5.41, 5.74) is 0.704. The molecule has 0 unspecified atom stereocenters. The average Bonchev–Trinajstić information content (AvgIpc) is 2.86. The van der Waals surface area contributed by atoms with Gasteiger partial charge in [-0.15, -0.1) is 0 Å². The first-order valence-corrected chi connectivity index (χ1v) is 6.62. The Labute approximate surface area is 107 Å². The molecule has 0 aromatic carbocycles. The maximum Gasteiger partial charge on any atom is 0.249 e. The van der Waals surface area contributed by atoms with Gasteiger partial charge in [0.2, 0.25) is 5.91 Å². The van der Waals surface area contributed by atoms with Crippen LogP contribution in [0.2, 0.25) is 0 Å². The number of ether oxygens (including phenoxy) is 1. The lowest BCUT2D eigenvalue weighted by molar-refractivity contribution is -0.120. The van der Waals surface area contributed by atoms with Crippen molar-refractivity contribution in [3.8, 4) is 0 Å². The molecule has 0 radical (unpaired) electrons. The van der Waals surface area contributed by atoms with Crippen LogP contribution in [0.3, 0.4) is 0 Å². The lowest BCUT2D eigenvalue weighted by Gasteiger charge is -2.32. The zero-order valence-corrected chi connectivity index (χ0v) is 10.8. The second-order valence-electron chi connectivity index (χ2n) is 5.73. The first-order valence-electron chi connectivity index (χ1n) is 6.62. The van der Waals surface area contributed by atoms with Gasteiger partial charge in [0.05, 0.1) is 18.9 Å². The lowest BCUT2D eigenvalue weighted by Crippen LogP contribution is -2.45. The predicted molar refractivity (Wildman–Crippen MR) is 65.2 cm³/mol. The van der Waals surface area contributed by atoms with Gasteiger partial charge in [0.25, 0.3) is 0 Å². The van der Waals surface area contributed by atoms with Crippen molar-refractivity contribution in [3.63, 3.8) is 0 Å². The molecule has 1 aliphatic carbocycles. The molecule has 5 atom stereocenters. The van der Waals surface area contributed by atoms with E-state index in [1.54, 1.807) is 6.92 Å². The summed E-state index contributed by atoms with van der Waals surface area (Å²) in [4.78, 5) is 13.4. The number of fused-ring (bicyclic) bond motifs is 1. The van der Waals surface area contributed by atoms with E-state index in [0.717, 1.165) is 12.8 Å². The second-order valence-corrected chi connectivity index (χ2v) is 5.73. The number of aliphatic hydroxyl groups excluding tert-OH is 1. The molecule has 18 heavy (non-hydrogen) atoms. The van der Waals surface area contributed by atoms with Gasteiger partial charge in [-0.2, -0.15) is 0 Å². The molecule has 5 heteroatoms. The number of aliphatic hydroxyl groups is 1. The molecule has 3 aliphatic rings. The Hall–Kier alpha value is -1.07. The normalized spacial score (nSPS) is 43.7. The molecule has 1 amide bonds. The third-order valence-electron chi connectivity index (χ3n) is 4.39. The molecule has 1 saturated carbocycles. The minimum absolute atomic E-state index is 0.0159. The Balaban J connectivity index is 1.72. The van der Waals surface area contributed by atoms with Gasteiger partial charge >= 0.3 is 0 Å². The summed E-state index contributed by atoms with van der Waals surface area (Å²) in [6.07, 6.45) is 3.45. The van der Waals surface area contributed by atoms with Crippen LogP contribution in [0.4, 0.5) is 0 Å².